The molecule has 0 saturated heterocycles. The van der Waals surface area contributed by atoms with Gasteiger partial charge in [-0.2, -0.15) is 4.68 Å². The smallest absolute Gasteiger partial charge is 0.437 e. The van der Waals surface area contributed by atoms with Crippen molar-refractivity contribution in [3.63, 3.8) is 0 Å². The summed E-state index contributed by atoms with van der Waals surface area (Å²) in [5.74, 6) is -1.89. The van der Waals surface area contributed by atoms with Gasteiger partial charge in [-0.25, -0.2) is 9.18 Å². The van der Waals surface area contributed by atoms with E-state index in [4.69, 9.17) is 9.15 Å². The predicted molar refractivity (Wildman–Crippen MR) is 119 cm³/mol. The molecule has 3 heterocycles. The predicted octanol–water partition coefficient (Wildman–Crippen LogP) is 3.93. The Balaban J connectivity index is 1.36. The van der Waals surface area contributed by atoms with Gasteiger partial charge in [0, 0.05) is 22.6 Å². The first-order valence-electron chi connectivity index (χ1n) is 10.1. The largest absolute Gasteiger partial charge is 0.457 e. The number of ketones is 1. The molecule has 0 fully saturated rings. The van der Waals surface area contributed by atoms with Crippen LogP contribution in [0, 0.1) is 19.7 Å². The van der Waals surface area contributed by atoms with Gasteiger partial charge in [-0.15, -0.1) is 16.4 Å². The lowest BCUT2D eigenvalue weighted by Gasteiger charge is -2.10. The molecule has 10 heteroatoms. The molecule has 4 rings (SSSR count). The van der Waals surface area contributed by atoms with E-state index in [0.717, 1.165) is 10.4 Å². The van der Waals surface area contributed by atoms with E-state index in [1.54, 1.807) is 42.7 Å². The first kappa shape index (κ1) is 22.4. The SMILES string of the molecule is Cc1cc(C(=O)COC(=O)CCn2nc(-c3cccs3)oc2=O)c(C)n1-c1cccc(F)c1. The van der Waals surface area contributed by atoms with Gasteiger partial charge in [-0.3, -0.25) is 9.59 Å². The number of carbonyl (C=O) groups is 2. The molecule has 0 aliphatic rings. The van der Waals surface area contributed by atoms with Gasteiger partial charge in [0.2, 0.25) is 5.78 Å². The van der Waals surface area contributed by atoms with Crippen LogP contribution in [0.1, 0.15) is 28.2 Å². The minimum Gasteiger partial charge on any atom is -0.457 e. The Hall–Kier alpha value is -3.79. The fourth-order valence-corrected chi connectivity index (χ4v) is 4.14. The van der Waals surface area contributed by atoms with Gasteiger partial charge < -0.3 is 13.7 Å². The van der Waals surface area contributed by atoms with Crippen molar-refractivity contribution in [2.24, 2.45) is 0 Å². The molecular formula is C23H20FN3O5S. The normalized spacial score (nSPS) is 11.0. The number of esters is 1. The molecular weight excluding hydrogens is 449 g/mol. The average molecular weight is 469 g/mol. The van der Waals surface area contributed by atoms with Crippen LogP contribution in [-0.2, 0) is 16.1 Å². The molecule has 0 atom stereocenters. The Kier molecular flexibility index (Phi) is 6.36. The molecule has 0 amide bonds. The molecule has 170 valence electrons. The number of aryl methyl sites for hydroxylation is 2. The monoisotopic (exact) mass is 469 g/mol. The third-order valence-electron chi connectivity index (χ3n) is 5.03. The zero-order chi connectivity index (χ0) is 23.5. The van der Waals surface area contributed by atoms with Crippen LogP contribution in [0.2, 0.25) is 0 Å². The van der Waals surface area contributed by atoms with Gasteiger partial charge in [0.1, 0.15) is 5.82 Å². The summed E-state index contributed by atoms with van der Waals surface area (Å²) in [4.78, 5) is 37.4. The van der Waals surface area contributed by atoms with Crippen LogP contribution in [0.5, 0.6) is 0 Å². The van der Waals surface area contributed by atoms with Crippen molar-refractivity contribution in [1.29, 1.82) is 0 Å². The van der Waals surface area contributed by atoms with Crippen molar-refractivity contribution in [1.82, 2.24) is 14.3 Å². The summed E-state index contributed by atoms with van der Waals surface area (Å²) in [6, 6.07) is 11.3. The highest BCUT2D eigenvalue weighted by Gasteiger charge is 2.19. The van der Waals surface area contributed by atoms with Crippen molar-refractivity contribution in [3.8, 4) is 16.5 Å². The van der Waals surface area contributed by atoms with Crippen molar-refractivity contribution in [2.75, 3.05) is 6.61 Å². The average Bonchev–Trinajstić information content (AvgIpc) is 3.50. The van der Waals surface area contributed by atoms with E-state index >= 15 is 0 Å². The van der Waals surface area contributed by atoms with E-state index in [1.807, 2.05) is 11.4 Å². The molecule has 33 heavy (non-hydrogen) atoms. The molecule has 0 N–H and O–H groups in total. The standard InChI is InChI=1S/C23H20FN3O5S/c1-14-11-18(15(2)27(14)17-6-3-5-16(24)12-17)19(28)13-31-21(29)8-9-26-23(30)32-22(25-26)20-7-4-10-33-20/h3-7,10-12H,8-9,13H2,1-2H3. The van der Waals surface area contributed by atoms with Crippen LogP contribution in [0.3, 0.4) is 0 Å². The summed E-state index contributed by atoms with van der Waals surface area (Å²) in [5, 5.41) is 5.90. The lowest BCUT2D eigenvalue weighted by molar-refractivity contribution is -0.142. The third-order valence-corrected chi connectivity index (χ3v) is 5.89. The number of thiophene rings is 1. The van der Waals surface area contributed by atoms with Crippen molar-refractivity contribution < 1.29 is 23.1 Å². The van der Waals surface area contributed by atoms with Crippen LogP contribution in [0.25, 0.3) is 16.5 Å². The zero-order valence-electron chi connectivity index (χ0n) is 17.9. The molecule has 4 aromatic rings. The molecule has 0 saturated carbocycles. The van der Waals surface area contributed by atoms with Gasteiger partial charge >= 0.3 is 11.7 Å². The van der Waals surface area contributed by atoms with Gasteiger partial charge in [-0.05, 0) is 49.6 Å². The Morgan fingerprint density at radius 1 is 1.18 bits per heavy atom. The van der Waals surface area contributed by atoms with E-state index in [9.17, 15) is 18.8 Å². The number of hydrogen-bond donors (Lipinski definition) is 0. The summed E-state index contributed by atoms with van der Waals surface area (Å²) in [6.07, 6.45) is -0.147. The van der Waals surface area contributed by atoms with Crippen molar-refractivity contribution >= 4 is 23.1 Å². The fourth-order valence-electron chi connectivity index (χ4n) is 3.50. The number of nitrogens with zero attached hydrogens (tertiary/aromatic N) is 3. The lowest BCUT2D eigenvalue weighted by Crippen LogP contribution is -2.20. The molecule has 0 unspecified atom stereocenters. The summed E-state index contributed by atoms with van der Waals surface area (Å²) in [7, 11) is 0. The molecule has 0 spiro atoms. The highest BCUT2D eigenvalue weighted by molar-refractivity contribution is 7.13. The topological polar surface area (TPSA) is 96.3 Å². The number of hydrogen-bond acceptors (Lipinski definition) is 7. The maximum absolute atomic E-state index is 13.6. The van der Waals surface area contributed by atoms with E-state index in [-0.39, 0.29) is 30.5 Å². The van der Waals surface area contributed by atoms with Gasteiger partial charge in [0.25, 0.3) is 5.89 Å². The summed E-state index contributed by atoms with van der Waals surface area (Å²) in [5.41, 5.74) is 2.35. The number of benzene rings is 1. The number of carbonyl (C=O) groups excluding carboxylic acids is 2. The molecule has 8 nitrogen and oxygen atoms in total. The highest BCUT2D eigenvalue weighted by atomic mass is 32.1. The molecule has 1 aromatic carbocycles. The Bertz CT molecular complexity index is 1370. The summed E-state index contributed by atoms with van der Waals surface area (Å²) >= 11 is 1.38. The van der Waals surface area contributed by atoms with Crippen LogP contribution in [-0.4, -0.2) is 32.7 Å². The summed E-state index contributed by atoms with van der Waals surface area (Å²) < 4.78 is 26.6. The maximum atomic E-state index is 13.6. The third kappa shape index (κ3) is 4.85. The fraction of sp³-hybridized carbons (Fsp3) is 0.217. The molecule has 0 radical (unpaired) electrons. The van der Waals surface area contributed by atoms with Gasteiger partial charge in [0.15, 0.2) is 6.61 Å². The summed E-state index contributed by atoms with van der Waals surface area (Å²) in [6.45, 7) is 3.07. The second-order valence-corrected chi connectivity index (χ2v) is 8.26. The van der Waals surface area contributed by atoms with Crippen molar-refractivity contribution in [3.05, 3.63) is 81.2 Å². The molecule has 3 aromatic heterocycles. The minimum atomic E-state index is -0.674. The van der Waals surface area contributed by atoms with Gasteiger partial charge in [0.05, 0.1) is 17.8 Å². The van der Waals surface area contributed by atoms with E-state index in [1.165, 1.54) is 23.5 Å². The van der Waals surface area contributed by atoms with Crippen LogP contribution >= 0.6 is 11.3 Å². The van der Waals surface area contributed by atoms with Crippen LogP contribution in [0.15, 0.2) is 57.1 Å². The number of rotatable bonds is 8. The second kappa shape index (κ2) is 9.37. The van der Waals surface area contributed by atoms with Gasteiger partial charge in [-0.1, -0.05) is 12.1 Å². The van der Waals surface area contributed by atoms with E-state index in [2.05, 4.69) is 5.10 Å². The molecule has 0 aliphatic heterocycles. The van der Waals surface area contributed by atoms with E-state index in [0.29, 0.717) is 21.8 Å². The van der Waals surface area contributed by atoms with E-state index < -0.39 is 18.3 Å². The van der Waals surface area contributed by atoms with Crippen LogP contribution in [0.4, 0.5) is 4.39 Å². The lowest BCUT2D eigenvalue weighted by atomic mass is 10.1. The zero-order valence-corrected chi connectivity index (χ0v) is 18.7. The Morgan fingerprint density at radius 3 is 2.73 bits per heavy atom. The Labute approximate surface area is 191 Å². The second-order valence-electron chi connectivity index (χ2n) is 7.31. The number of ether oxygens (including phenoxy) is 1. The minimum absolute atomic E-state index is 0.0329. The maximum Gasteiger partial charge on any atom is 0.437 e. The van der Waals surface area contributed by atoms with Crippen LogP contribution < -0.4 is 5.76 Å². The molecule has 0 aliphatic carbocycles. The first-order valence-corrected chi connectivity index (χ1v) is 11.0. The highest BCUT2D eigenvalue weighted by Crippen LogP contribution is 2.22. The molecule has 0 bridgehead atoms. The number of aromatic nitrogens is 3. The first-order chi connectivity index (χ1) is 15.8. The van der Waals surface area contributed by atoms with Crippen molar-refractivity contribution in [2.45, 2.75) is 26.8 Å². The number of Topliss-reactive ketones (excluding diaryl/α,β-unsaturated/α-hetero) is 1. The quantitative estimate of drug-likeness (QED) is 0.287. The Morgan fingerprint density at radius 2 is 2.00 bits per heavy atom. The number of halogens is 1.